The molecule has 0 spiro atoms. The second-order valence-electron chi connectivity index (χ2n) is 4.92. The predicted molar refractivity (Wildman–Crippen MR) is 88.0 cm³/mol. The molecule has 0 aromatic heterocycles. The Bertz CT molecular complexity index is 498. The van der Waals surface area contributed by atoms with Crippen molar-refractivity contribution in [3.63, 3.8) is 0 Å². The second kappa shape index (κ2) is 9.57. The van der Waals surface area contributed by atoms with Crippen LogP contribution in [0.5, 0.6) is 0 Å². The van der Waals surface area contributed by atoms with Crippen molar-refractivity contribution in [1.82, 2.24) is 5.32 Å². The van der Waals surface area contributed by atoms with Crippen LogP contribution in [0.25, 0.3) is 0 Å². The second-order valence-corrected chi connectivity index (χ2v) is 4.92. The van der Waals surface area contributed by atoms with Crippen LogP contribution in [0.1, 0.15) is 20.3 Å². The van der Waals surface area contributed by atoms with Crippen molar-refractivity contribution in [2.75, 3.05) is 23.8 Å². The first-order valence-corrected chi connectivity index (χ1v) is 7.18. The standard InChI is InChI=1S/C16H23N3O3/c1-4-10-17-16(21)19-14-7-5-13(6-8-14)18-15(20)9-11-22-12(2)3/h4-8,12H,1,9-11H2,2-3H3,(H,18,20)(H2,17,19,21). The van der Waals surface area contributed by atoms with Crippen LogP contribution in [0.4, 0.5) is 16.2 Å². The molecule has 1 aromatic carbocycles. The molecule has 22 heavy (non-hydrogen) atoms. The molecule has 0 aliphatic heterocycles. The van der Waals surface area contributed by atoms with Gasteiger partial charge in [-0.25, -0.2) is 4.79 Å². The van der Waals surface area contributed by atoms with Gasteiger partial charge in [0.1, 0.15) is 0 Å². The average molecular weight is 305 g/mol. The molecule has 6 heteroatoms. The van der Waals surface area contributed by atoms with Crippen molar-refractivity contribution < 1.29 is 14.3 Å². The topological polar surface area (TPSA) is 79.5 Å². The van der Waals surface area contributed by atoms with Gasteiger partial charge in [-0.2, -0.15) is 0 Å². The van der Waals surface area contributed by atoms with Crippen molar-refractivity contribution in [3.8, 4) is 0 Å². The smallest absolute Gasteiger partial charge is 0.319 e. The molecule has 0 saturated carbocycles. The molecule has 0 aliphatic rings. The molecule has 1 aromatic rings. The maximum Gasteiger partial charge on any atom is 0.319 e. The molecule has 0 heterocycles. The van der Waals surface area contributed by atoms with E-state index in [1.54, 1.807) is 30.3 Å². The number of anilines is 2. The van der Waals surface area contributed by atoms with E-state index in [9.17, 15) is 9.59 Å². The van der Waals surface area contributed by atoms with E-state index >= 15 is 0 Å². The number of urea groups is 1. The van der Waals surface area contributed by atoms with Crippen LogP contribution in [-0.2, 0) is 9.53 Å². The van der Waals surface area contributed by atoms with E-state index in [1.807, 2.05) is 13.8 Å². The molecular formula is C16H23N3O3. The fourth-order valence-corrected chi connectivity index (χ4v) is 1.59. The Balaban J connectivity index is 2.39. The zero-order valence-corrected chi connectivity index (χ0v) is 13.0. The van der Waals surface area contributed by atoms with Gasteiger partial charge in [0.25, 0.3) is 0 Å². The highest BCUT2D eigenvalue weighted by molar-refractivity contribution is 5.92. The number of carbonyl (C=O) groups is 2. The summed E-state index contributed by atoms with van der Waals surface area (Å²) in [5.41, 5.74) is 1.31. The van der Waals surface area contributed by atoms with Crippen LogP contribution in [0.2, 0.25) is 0 Å². The summed E-state index contributed by atoms with van der Waals surface area (Å²) in [7, 11) is 0. The summed E-state index contributed by atoms with van der Waals surface area (Å²) in [4.78, 5) is 23.1. The summed E-state index contributed by atoms with van der Waals surface area (Å²) >= 11 is 0. The van der Waals surface area contributed by atoms with Gasteiger partial charge in [-0.15, -0.1) is 6.58 Å². The van der Waals surface area contributed by atoms with Gasteiger partial charge in [0, 0.05) is 17.9 Å². The Morgan fingerprint density at radius 3 is 2.32 bits per heavy atom. The number of amides is 3. The van der Waals surface area contributed by atoms with Crippen LogP contribution in [0.15, 0.2) is 36.9 Å². The zero-order valence-electron chi connectivity index (χ0n) is 13.0. The van der Waals surface area contributed by atoms with Gasteiger partial charge < -0.3 is 20.7 Å². The molecular weight excluding hydrogens is 282 g/mol. The van der Waals surface area contributed by atoms with Crippen LogP contribution in [0, 0.1) is 0 Å². The first kappa shape index (κ1) is 17.7. The molecule has 6 nitrogen and oxygen atoms in total. The molecule has 0 saturated heterocycles. The van der Waals surface area contributed by atoms with E-state index in [0.29, 0.717) is 30.9 Å². The van der Waals surface area contributed by atoms with E-state index in [-0.39, 0.29) is 18.0 Å². The molecule has 0 fully saturated rings. The van der Waals surface area contributed by atoms with E-state index in [1.165, 1.54) is 0 Å². The van der Waals surface area contributed by atoms with Gasteiger partial charge in [0.05, 0.1) is 19.1 Å². The predicted octanol–water partition coefficient (Wildman–Crippen LogP) is 2.75. The highest BCUT2D eigenvalue weighted by Gasteiger charge is 2.04. The van der Waals surface area contributed by atoms with Crippen molar-refractivity contribution in [2.24, 2.45) is 0 Å². The van der Waals surface area contributed by atoms with E-state index in [4.69, 9.17) is 4.74 Å². The monoisotopic (exact) mass is 305 g/mol. The quantitative estimate of drug-likeness (QED) is 0.646. The Hall–Kier alpha value is -2.34. The molecule has 0 radical (unpaired) electrons. The molecule has 3 amide bonds. The number of benzene rings is 1. The third-order valence-corrected chi connectivity index (χ3v) is 2.61. The SMILES string of the molecule is C=CCNC(=O)Nc1ccc(NC(=O)CCOC(C)C)cc1. The average Bonchev–Trinajstić information content (AvgIpc) is 2.47. The van der Waals surface area contributed by atoms with E-state index in [0.717, 1.165) is 0 Å². The maximum absolute atomic E-state index is 11.7. The van der Waals surface area contributed by atoms with Gasteiger partial charge in [-0.3, -0.25) is 4.79 Å². The summed E-state index contributed by atoms with van der Waals surface area (Å²) in [5.74, 6) is -0.106. The van der Waals surface area contributed by atoms with Gasteiger partial charge in [-0.05, 0) is 38.1 Å². The summed E-state index contributed by atoms with van der Waals surface area (Å²) < 4.78 is 5.32. The largest absolute Gasteiger partial charge is 0.378 e. The fourth-order valence-electron chi connectivity index (χ4n) is 1.59. The number of ether oxygens (including phenoxy) is 1. The summed E-state index contributed by atoms with van der Waals surface area (Å²) in [5, 5.41) is 8.05. The highest BCUT2D eigenvalue weighted by Crippen LogP contribution is 2.13. The fraction of sp³-hybridized carbons (Fsp3) is 0.375. The maximum atomic E-state index is 11.7. The van der Waals surface area contributed by atoms with Crippen LogP contribution >= 0.6 is 0 Å². The summed E-state index contributed by atoms with van der Waals surface area (Å²) in [6, 6.07) is 6.58. The van der Waals surface area contributed by atoms with Gasteiger partial charge in [-0.1, -0.05) is 6.08 Å². The molecule has 0 aliphatic carbocycles. The van der Waals surface area contributed by atoms with Gasteiger partial charge in [0.15, 0.2) is 0 Å². The Morgan fingerprint density at radius 1 is 1.18 bits per heavy atom. The molecule has 120 valence electrons. The number of nitrogens with one attached hydrogen (secondary N) is 3. The van der Waals surface area contributed by atoms with Gasteiger partial charge in [0.2, 0.25) is 5.91 Å². The zero-order chi connectivity index (χ0) is 16.4. The number of carbonyl (C=O) groups excluding carboxylic acids is 2. The minimum atomic E-state index is -0.303. The normalized spacial score (nSPS) is 10.1. The van der Waals surface area contributed by atoms with Crippen molar-refractivity contribution in [1.29, 1.82) is 0 Å². The van der Waals surface area contributed by atoms with E-state index < -0.39 is 0 Å². The molecule has 1 rings (SSSR count). The summed E-state index contributed by atoms with van der Waals surface area (Å²) in [6.07, 6.45) is 2.02. The van der Waals surface area contributed by atoms with E-state index in [2.05, 4.69) is 22.5 Å². The van der Waals surface area contributed by atoms with Crippen LogP contribution < -0.4 is 16.0 Å². The minimum absolute atomic E-state index is 0.106. The lowest BCUT2D eigenvalue weighted by Crippen LogP contribution is -2.28. The van der Waals surface area contributed by atoms with Crippen molar-refractivity contribution in [3.05, 3.63) is 36.9 Å². The van der Waals surface area contributed by atoms with Gasteiger partial charge >= 0.3 is 6.03 Å². The molecule has 0 unspecified atom stereocenters. The Morgan fingerprint density at radius 2 is 1.77 bits per heavy atom. The van der Waals surface area contributed by atoms with Crippen molar-refractivity contribution >= 4 is 23.3 Å². The van der Waals surface area contributed by atoms with Crippen LogP contribution in [-0.4, -0.2) is 31.2 Å². The molecule has 0 bridgehead atoms. The lowest BCUT2D eigenvalue weighted by atomic mass is 10.2. The first-order chi connectivity index (χ1) is 10.5. The van der Waals surface area contributed by atoms with Crippen LogP contribution in [0.3, 0.4) is 0 Å². The third kappa shape index (κ3) is 7.44. The molecule has 0 atom stereocenters. The molecule has 3 N–H and O–H groups in total. The number of rotatable bonds is 8. The lowest BCUT2D eigenvalue weighted by Gasteiger charge is -2.09. The highest BCUT2D eigenvalue weighted by atomic mass is 16.5. The first-order valence-electron chi connectivity index (χ1n) is 7.18. The Labute approximate surface area is 130 Å². The lowest BCUT2D eigenvalue weighted by molar-refractivity contribution is -0.117. The summed E-state index contributed by atoms with van der Waals surface area (Å²) in [6.45, 7) is 8.17. The Kier molecular flexibility index (Phi) is 7.70. The number of hydrogen-bond acceptors (Lipinski definition) is 3. The number of hydrogen-bond donors (Lipinski definition) is 3. The van der Waals surface area contributed by atoms with Crippen molar-refractivity contribution in [2.45, 2.75) is 26.4 Å². The third-order valence-electron chi connectivity index (χ3n) is 2.61. The minimum Gasteiger partial charge on any atom is -0.378 e.